The Kier molecular flexibility index (Phi) is 5.32. The Morgan fingerprint density at radius 3 is 2.59 bits per heavy atom. The summed E-state index contributed by atoms with van der Waals surface area (Å²) in [6.45, 7) is 2.24. The molecular weight excluding hydrogens is 444 g/mol. The van der Waals surface area contributed by atoms with Gasteiger partial charge in [-0.2, -0.15) is 4.31 Å². The van der Waals surface area contributed by atoms with E-state index in [0.29, 0.717) is 25.1 Å². The molecule has 0 aliphatic carbocycles. The van der Waals surface area contributed by atoms with Crippen LogP contribution in [0.4, 0.5) is 5.69 Å². The molecule has 1 unspecified atom stereocenters. The summed E-state index contributed by atoms with van der Waals surface area (Å²) in [6.07, 6.45) is 5.08. The van der Waals surface area contributed by atoms with Crippen LogP contribution in [0.15, 0.2) is 71.2 Å². The molecule has 0 bridgehead atoms. The molecule has 7 nitrogen and oxygen atoms in total. The van der Waals surface area contributed by atoms with Gasteiger partial charge in [-0.3, -0.25) is 9.20 Å². The molecule has 1 saturated heterocycles. The van der Waals surface area contributed by atoms with Crippen LogP contribution >= 0.6 is 11.3 Å². The molecule has 2 aromatic carbocycles. The van der Waals surface area contributed by atoms with Crippen LogP contribution in [0.1, 0.15) is 18.4 Å². The lowest BCUT2D eigenvalue weighted by molar-refractivity contribution is -0.119. The van der Waals surface area contributed by atoms with E-state index < -0.39 is 16.1 Å². The Bertz CT molecular complexity index is 1340. The number of nitrogens with zero attached hydrogens (tertiary/aromatic N) is 3. The predicted molar refractivity (Wildman–Crippen MR) is 125 cm³/mol. The first-order valence-electron chi connectivity index (χ1n) is 10.3. The van der Waals surface area contributed by atoms with Crippen LogP contribution in [0.2, 0.25) is 0 Å². The fourth-order valence-corrected chi connectivity index (χ4v) is 6.31. The normalized spacial score (nSPS) is 17.1. The van der Waals surface area contributed by atoms with Crippen LogP contribution in [-0.2, 0) is 14.8 Å². The van der Waals surface area contributed by atoms with Crippen molar-refractivity contribution in [3.05, 3.63) is 71.9 Å². The highest BCUT2D eigenvalue weighted by Gasteiger charge is 2.39. The molecule has 4 aromatic rings. The number of carbonyl (C=O) groups excluding carboxylic acids is 1. The van der Waals surface area contributed by atoms with Gasteiger partial charge in [0, 0.05) is 35.6 Å². The highest BCUT2D eigenvalue weighted by atomic mass is 32.2. The van der Waals surface area contributed by atoms with Gasteiger partial charge < -0.3 is 5.32 Å². The van der Waals surface area contributed by atoms with E-state index in [9.17, 15) is 13.2 Å². The molecule has 1 aliphatic heterocycles. The fraction of sp³-hybridized carbons (Fsp3) is 0.217. The first kappa shape index (κ1) is 20.9. The van der Waals surface area contributed by atoms with Crippen molar-refractivity contribution in [3.63, 3.8) is 0 Å². The van der Waals surface area contributed by atoms with E-state index in [1.807, 2.05) is 53.4 Å². The van der Waals surface area contributed by atoms with Crippen molar-refractivity contribution in [2.75, 3.05) is 11.9 Å². The Balaban J connectivity index is 1.31. The second kappa shape index (κ2) is 8.16. The van der Waals surface area contributed by atoms with Gasteiger partial charge in [0.2, 0.25) is 15.9 Å². The van der Waals surface area contributed by atoms with Gasteiger partial charge in [0.15, 0.2) is 4.96 Å². The van der Waals surface area contributed by atoms with E-state index in [2.05, 4.69) is 10.3 Å². The van der Waals surface area contributed by atoms with Crippen LogP contribution in [-0.4, -0.2) is 40.6 Å². The zero-order chi connectivity index (χ0) is 22.3. The lowest BCUT2D eigenvalue weighted by Crippen LogP contribution is -2.43. The fourth-order valence-electron chi connectivity index (χ4n) is 3.95. The van der Waals surface area contributed by atoms with E-state index in [4.69, 9.17) is 0 Å². The van der Waals surface area contributed by atoms with Crippen molar-refractivity contribution < 1.29 is 13.2 Å². The van der Waals surface area contributed by atoms with Crippen LogP contribution in [0.25, 0.3) is 16.2 Å². The number of nitrogens with one attached hydrogen (secondary N) is 1. The van der Waals surface area contributed by atoms with Crippen molar-refractivity contribution in [3.8, 4) is 11.3 Å². The van der Waals surface area contributed by atoms with E-state index in [1.54, 1.807) is 35.6 Å². The molecule has 32 heavy (non-hydrogen) atoms. The number of sulfonamides is 1. The minimum absolute atomic E-state index is 0.215. The second-order valence-corrected chi connectivity index (χ2v) is 10.6. The molecule has 3 heterocycles. The maximum Gasteiger partial charge on any atom is 0.243 e. The van der Waals surface area contributed by atoms with Gasteiger partial charge in [-0.05, 0) is 44.0 Å². The van der Waals surface area contributed by atoms with Gasteiger partial charge in [0.05, 0.1) is 10.6 Å². The standard InChI is InChI=1S/C23H22N4O3S2/c1-16-4-10-19(11-5-16)32(29,30)27-12-2-3-21(27)22(28)24-18-8-6-17(7-9-18)20-15-26-13-14-31-23(26)25-20/h4-11,13-15,21H,2-3,12H2,1H3,(H,24,28). The molecule has 2 aromatic heterocycles. The number of aryl methyl sites for hydroxylation is 1. The SMILES string of the molecule is Cc1ccc(S(=O)(=O)N2CCCC2C(=O)Nc2ccc(-c3cn4ccsc4n3)cc2)cc1. The number of aromatic nitrogens is 2. The van der Waals surface area contributed by atoms with Gasteiger partial charge in [0.25, 0.3) is 0 Å². The van der Waals surface area contributed by atoms with Crippen LogP contribution in [0.5, 0.6) is 0 Å². The quantitative estimate of drug-likeness (QED) is 0.479. The van der Waals surface area contributed by atoms with Crippen LogP contribution < -0.4 is 5.32 Å². The maximum atomic E-state index is 13.1. The molecule has 5 rings (SSSR count). The van der Waals surface area contributed by atoms with Gasteiger partial charge in [-0.1, -0.05) is 29.8 Å². The summed E-state index contributed by atoms with van der Waals surface area (Å²) in [5, 5.41) is 4.86. The summed E-state index contributed by atoms with van der Waals surface area (Å²) in [4.78, 5) is 18.7. The monoisotopic (exact) mass is 466 g/mol. The lowest BCUT2D eigenvalue weighted by atomic mass is 10.1. The van der Waals surface area contributed by atoms with Crippen molar-refractivity contribution in [2.24, 2.45) is 0 Å². The second-order valence-electron chi connectivity index (χ2n) is 7.87. The molecule has 1 N–H and O–H groups in total. The highest BCUT2D eigenvalue weighted by Crippen LogP contribution is 2.28. The summed E-state index contributed by atoms with van der Waals surface area (Å²) < 4.78 is 29.5. The average Bonchev–Trinajstić information content (AvgIpc) is 3.51. The first-order chi connectivity index (χ1) is 15.4. The van der Waals surface area contributed by atoms with E-state index in [-0.39, 0.29) is 10.8 Å². The molecule has 1 aliphatic rings. The number of anilines is 1. The number of imidazole rings is 1. The highest BCUT2D eigenvalue weighted by molar-refractivity contribution is 7.89. The summed E-state index contributed by atoms with van der Waals surface area (Å²) in [6, 6.07) is 13.4. The van der Waals surface area contributed by atoms with Crippen molar-refractivity contribution in [1.29, 1.82) is 0 Å². The minimum Gasteiger partial charge on any atom is -0.325 e. The van der Waals surface area contributed by atoms with E-state index >= 15 is 0 Å². The van der Waals surface area contributed by atoms with E-state index in [1.165, 1.54) is 4.31 Å². The van der Waals surface area contributed by atoms with Crippen molar-refractivity contribution in [2.45, 2.75) is 30.7 Å². The summed E-state index contributed by atoms with van der Waals surface area (Å²) in [5.41, 5.74) is 3.42. The van der Waals surface area contributed by atoms with Gasteiger partial charge >= 0.3 is 0 Å². The number of amides is 1. The zero-order valence-corrected chi connectivity index (χ0v) is 19.1. The van der Waals surface area contributed by atoms with Gasteiger partial charge in [0.1, 0.15) is 6.04 Å². The topological polar surface area (TPSA) is 83.8 Å². The van der Waals surface area contributed by atoms with Crippen LogP contribution in [0, 0.1) is 6.92 Å². The Labute approximate surface area is 190 Å². The molecule has 0 spiro atoms. The largest absolute Gasteiger partial charge is 0.325 e. The molecule has 1 atom stereocenters. The maximum absolute atomic E-state index is 13.1. The van der Waals surface area contributed by atoms with E-state index in [0.717, 1.165) is 21.8 Å². The van der Waals surface area contributed by atoms with Crippen LogP contribution in [0.3, 0.4) is 0 Å². The van der Waals surface area contributed by atoms with Crippen molar-refractivity contribution in [1.82, 2.24) is 13.7 Å². The Morgan fingerprint density at radius 1 is 1.12 bits per heavy atom. The number of hydrogen-bond donors (Lipinski definition) is 1. The predicted octanol–water partition coefficient (Wildman–Crippen LogP) is 4.16. The summed E-state index contributed by atoms with van der Waals surface area (Å²) in [7, 11) is -3.73. The molecular formula is C23H22N4O3S2. The number of benzene rings is 2. The van der Waals surface area contributed by atoms with Crippen molar-refractivity contribution >= 4 is 37.9 Å². The van der Waals surface area contributed by atoms with Gasteiger partial charge in [-0.25, -0.2) is 13.4 Å². The number of fused-ring (bicyclic) bond motifs is 1. The zero-order valence-electron chi connectivity index (χ0n) is 17.4. The summed E-state index contributed by atoms with van der Waals surface area (Å²) in [5.74, 6) is -0.312. The third-order valence-corrected chi connectivity index (χ3v) is 8.37. The number of thiazole rings is 1. The molecule has 164 valence electrons. The minimum atomic E-state index is -3.73. The molecule has 0 radical (unpaired) electrons. The molecule has 1 amide bonds. The average molecular weight is 467 g/mol. The third kappa shape index (κ3) is 3.83. The molecule has 1 fully saturated rings. The Morgan fingerprint density at radius 2 is 1.88 bits per heavy atom. The van der Waals surface area contributed by atoms with Gasteiger partial charge in [-0.15, -0.1) is 11.3 Å². The molecule has 0 saturated carbocycles. The third-order valence-electron chi connectivity index (χ3n) is 5.68. The lowest BCUT2D eigenvalue weighted by Gasteiger charge is -2.23. The first-order valence-corrected chi connectivity index (χ1v) is 12.7. The number of carbonyl (C=O) groups is 1. The Hall–Kier alpha value is -3.01. The smallest absolute Gasteiger partial charge is 0.243 e. The number of rotatable bonds is 5. The molecule has 9 heteroatoms. The number of hydrogen-bond acceptors (Lipinski definition) is 5. The summed E-state index contributed by atoms with van der Waals surface area (Å²) >= 11 is 1.57.